The Balaban J connectivity index is 0.00000341. The van der Waals surface area contributed by atoms with E-state index in [2.05, 4.69) is 24.0 Å². The predicted octanol–water partition coefficient (Wildman–Crippen LogP) is 4.34. The number of aromatic nitrogens is 1. The molecule has 0 saturated carbocycles. The van der Waals surface area contributed by atoms with Crippen LogP contribution in [0, 0.1) is 13.8 Å². The third-order valence-electron chi connectivity index (χ3n) is 4.81. The fourth-order valence-corrected chi connectivity index (χ4v) is 5.10. The van der Waals surface area contributed by atoms with Crippen LogP contribution in [0.1, 0.15) is 27.9 Å². The highest BCUT2D eigenvalue weighted by atomic mass is 35.5. The summed E-state index contributed by atoms with van der Waals surface area (Å²) >= 11 is 1.51. The molecule has 31 heavy (non-hydrogen) atoms. The van der Waals surface area contributed by atoms with Crippen molar-refractivity contribution in [1.29, 1.82) is 0 Å². The molecule has 0 aliphatic carbocycles. The standard InChI is InChI=1S/C22H27N3O3S2.ClH/c1-15-13-16(2)20-19(14-15)29-22(23-20)25(12-6-11-24(3)4)21(26)17-7-9-18(10-8-17)30(5,27)28;/h7-10,13-14H,6,11-12H2,1-5H3;1H. The lowest BCUT2D eigenvalue weighted by atomic mass is 10.1. The zero-order valence-electron chi connectivity index (χ0n) is 18.4. The Hall–Kier alpha value is -2.00. The van der Waals surface area contributed by atoms with E-state index < -0.39 is 9.84 Å². The Morgan fingerprint density at radius 1 is 1.06 bits per heavy atom. The fourth-order valence-electron chi connectivity index (χ4n) is 3.30. The maximum Gasteiger partial charge on any atom is 0.260 e. The van der Waals surface area contributed by atoms with Crippen molar-refractivity contribution in [3.63, 3.8) is 0 Å². The van der Waals surface area contributed by atoms with Crippen molar-refractivity contribution in [1.82, 2.24) is 9.88 Å². The molecule has 0 radical (unpaired) electrons. The van der Waals surface area contributed by atoms with Gasteiger partial charge in [-0.25, -0.2) is 13.4 Å². The predicted molar refractivity (Wildman–Crippen MR) is 131 cm³/mol. The molecule has 0 bridgehead atoms. The molecular weight excluding hydrogens is 454 g/mol. The number of carbonyl (C=O) groups is 1. The van der Waals surface area contributed by atoms with Gasteiger partial charge in [0.15, 0.2) is 15.0 Å². The number of amides is 1. The van der Waals surface area contributed by atoms with Crippen molar-refractivity contribution in [2.75, 3.05) is 38.3 Å². The van der Waals surface area contributed by atoms with Gasteiger partial charge in [0.25, 0.3) is 5.91 Å². The molecule has 1 heterocycles. The van der Waals surface area contributed by atoms with Crippen molar-refractivity contribution in [2.24, 2.45) is 0 Å². The number of aryl methyl sites for hydroxylation is 2. The van der Waals surface area contributed by atoms with Gasteiger partial charge in [-0.2, -0.15) is 0 Å². The topological polar surface area (TPSA) is 70.6 Å². The second-order valence-corrected chi connectivity index (χ2v) is 10.9. The Morgan fingerprint density at radius 3 is 2.29 bits per heavy atom. The van der Waals surface area contributed by atoms with E-state index in [-0.39, 0.29) is 23.2 Å². The summed E-state index contributed by atoms with van der Waals surface area (Å²) in [5, 5.41) is 0.662. The summed E-state index contributed by atoms with van der Waals surface area (Å²) in [5.41, 5.74) is 3.61. The van der Waals surface area contributed by atoms with E-state index in [1.807, 2.05) is 21.0 Å². The van der Waals surface area contributed by atoms with Crippen LogP contribution in [0.15, 0.2) is 41.3 Å². The fraction of sp³-hybridized carbons (Fsp3) is 0.364. The summed E-state index contributed by atoms with van der Waals surface area (Å²) in [6.07, 6.45) is 1.96. The first-order valence-electron chi connectivity index (χ1n) is 9.71. The number of sulfone groups is 1. The highest BCUT2D eigenvalue weighted by Gasteiger charge is 2.22. The molecule has 0 N–H and O–H groups in total. The maximum absolute atomic E-state index is 13.3. The molecule has 0 unspecified atom stereocenters. The van der Waals surface area contributed by atoms with Crippen molar-refractivity contribution in [3.8, 4) is 0 Å². The quantitative estimate of drug-likeness (QED) is 0.502. The molecule has 0 fully saturated rings. The van der Waals surface area contributed by atoms with Crippen molar-refractivity contribution in [3.05, 3.63) is 53.1 Å². The minimum atomic E-state index is -3.31. The first-order valence-corrected chi connectivity index (χ1v) is 12.4. The lowest BCUT2D eigenvalue weighted by Gasteiger charge is -2.21. The van der Waals surface area contributed by atoms with Gasteiger partial charge in [-0.3, -0.25) is 9.69 Å². The Morgan fingerprint density at radius 2 is 1.71 bits per heavy atom. The largest absolute Gasteiger partial charge is 0.309 e. The first kappa shape index (κ1) is 25.3. The van der Waals surface area contributed by atoms with Crippen LogP contribution < -0.4 is 4.90 Å². The highest BCUT2D eigenvalue weighted by molar-refractivity contribution is 7.90. The van der Waals surface area contributed by atoms with Gasteiger partial charge >= 0.3 is 0 Å². The van der Waals surface area contributed by atoms with Crippen LogP contribution in [-0.2, 0) is 9.84 Å². The third-order valence-corrected chi connectivity index (χ3v) is 6.96. The Bertz CT molecular complexity index is 1170. The van der Waals surface area contributed by atoms with Gasteiger partial charge in [0.1, 0.15) is 0 Å². The molecule has 0 saturated heterocycles. The number of hydrogen-bond acceptors (Lipinski definition) is 6. The van der Waals surface area contributed by atoms with Crippen LogP contribution in [0.5, 0.6) is 0 Å². The van der Waals surface area contributed by atoms with Gasteiger partial charge < -0.3 is 4.90 Å². The number of nitrogens with zero attached hydrogens (tertiary/aromatic N) is 3. The van der Waals surface area contributed by atoms with E-state index in [1.165, 1.54) is 23.5 Å². The smallest absolute Gasteiger partial charge is 0.260 e. The second kappa shape index (κ2) is 10.1. The van der Waals surface area contributed by atoms with E-state index in [0.717, 1.165) is 40.6 Å². The van der Waals surface area contributed by atoms with Crippen molar-refractivity contribution < 1.29 is 13.2 Å². The van der Waals surface area contributed by atoms with Crippen molar-refractivity contribution >= 4 is 54.8 Å². The average Bonchev–Trinajstić information content (AvgIpc) is 3.08. The number of halogens is 1. The van der Waals surface area contributed by atoms with Gasteiger partial charge in [-0.15, -0.1) is 12.4 Å². The van der Waals surface area contributed by atoms with E-state index in [0.29, 0.717) is 17.2 Å². The molecule has 0 aliphatic rings. The summed E-state index contributed by atoms with van der Waals surface area (Å²) in [4.78, 5) is 22.1. The minimum absolute atomic E-state index is 0. The summed E-state index contributed by atoms with van der Waals surface area (Å²) < 4.78 is 24.5. The molecule has 3 rings (SSSR count). The zero-order chi connectivity index (χ0) is 22.1. The zero-order valence-corrected chi connectivity index (χ0v) is 20.8. The SMILES string of the molecule is Cc1cc(C)c2nc(N(CCCN(C)C)C(=O)c3ccc(S(C)(=O)=O)cc3)sc2c1.Cl. The van der Waals surface area contributed by atoms with Crippen LogP contribution >= 0.6 is 23.7 Å². The van der Waals surface area contributed by atoms with Gasteiger partial charge in [0, 0.05) is 18.4 Å². The summed E-state index contributed by atoms with van der Waals surface area (Å²) in [7, 11) is 0.691. The normalized spacial score (nSPS) is 11.5. The summed E-state index contributed by atoms with van der Waals surface area (Å²) in [6.45, 7) is 5.46. The maximum atomic E-state index is 13.3. The van der Waals surface area contributed by atoms with Crippen LogP contribution in [0.4, 0.5) is 5.13 Å². The molecule has 9 heteroatoms. The minimum Gasteiger partial charge on any atom is -0.309 e. The summed E-state index contributed by atoms with van der Waals surface area (Å²) in [6, 6.07) is 10.3. The Kier molecular flexibility index (Phi) is 8.21. The molecule has 168 valence electrons. The number of benzene rings is 2. The van der Waals surface area contributed by atoms with Crippen LogP contribution in [0.25, 0.3) is 10.2 Å². The molecular formula is C22H28ClN3O3S2. The number of anilines is 1. The van der Waals surface area contributed by atoms with Gasteiger partial charge in [0.2, 0.25) is 0 Å². The number of rotatable bonds is 7. The van der Waals surface area contributed by atoms with Gasteiger partial charge in [-0.05, 0) is 82.4 Å². The first-order chi connectivity index (χ1) is 14.1. The van der Waals surface area contributed by atoms with E-state index in [1.54, 1.807) is 17.0 Å². The second-order valence-electron chi connectivity index (χ2n) is 7.84. The number of carbonyl (C=O) groups excluding carboxylic acids is 1. The molecule has 0 spiro atoms. The molecule has 0 atom stereocenters. The van der Waals surface area contributed by atoms with Crippen LogP contribution in [-0.4, -0.2) is 57.6 Å². The van der Waals surface area contributed by atoms with E-state index in [9.17, 15) is 13.2 Å². The number of fused-ring (bicyclic) bond motifs is 1. The number of hydrogen-bond donors (Lipinski definition) is 0. The third kappa shape index (κ3) is 6.04. The molecule has 3 aromatic rings. The van der Waals surface area contributed by atoms with Gasteiger partial charge in [-0.1, -0.05) is 17.4 Å². The highest BCUT2D eigenvalue weighted by Crippen LogP contribution is 2.32. The lowest BCUT2D eigenvalue weighted by Crippen LogP contribution is -2.33. The number of thiazole rings is 1. The van der Waals surface area contributed by atoms with E-state index in [4.69, 9.17) is 4.98 Å². The molecule has 0 aliphatic heterocycles. The average molecular weight is 482 g/mol. The molecule has 1 amide bonds. The Labute approximate surface area is 194 Å². The monoisotopic (exact) mass is 481 g/mol. The van der Waals surface area contributed by atoms with Gasteiger partial charge in [0.05, 0.1) is 15.1 Å². The molecule has 6 nitrogen and oxygen atoms in total. The van der Waals surface area contributed by atoms with Crippen molar-refractivity contribution in [2.45, 2.75) is 25.2 Å². The van der Waals surface area contributed by atoms with E-state index >= 15 is 0 Å². The molecule has 1 aromatic heterocycles. The lowest BCUT2D eigenvalue weighted by molar-refractivity contribution is 0.0986. The molecule has 2 aromatic carbocycles. The van der Waals surface area contributed by atoms with Crippen LogP contribution in [0.2, 0.25) is 0 Å². The summed E-state index contributed by atoms with van der Waals surface area (Å²) in [5.74, 6) is -0.178. The van der Waals surface area contributed by atoms with Crippen LogP contribution in [0.3, 0.4) is 0 Å².